The van der Waals surface area contributed by atoms with Crippen LogP contribution in [0.5, 0.6) is 0 Å². The van der Waals surface area contributed by atoms with Gasteiger partial charge in [0.15, 0.2) is 0 Å². The number of aromatic nitrogens is 2. The number of guanidine groups is 1. The Kier molecular flexibility index (Phi) is 3.62. The number of aryl methyl sites for hydroxylation is 1. The summed E-state index contributed by atoms with van der Waals surface area (Å²) in [6.45, 7) is 0. The van der Waals surface area contributed by atoms with Crippen molar-refractivity contribution in [3.05, 3.63) is 50.9 Å². The lowest BCUT2D eigenvalue weighted by atomic mass is 10.3. The van der Waals surface area contributed by atoms with E-state index in [2.05, 4.69) is 20.3 Å². The van der Waals surface area contributed by atoms with Gasteiger partial charge in [-0.2, -0.15) is 4.99 Å². The van der Waals surface area contributed by atoms with Gasteiger partial charge in [-0.05, 0) is 37.5 Å². The van der Waals surface area contributed by atoms with E-state index in [-0.39, 0.29) is 17.5 Å². The summed E-state index contributed by atoms with van der Waals surface area (Å²) in [6, 6.07) is 7.10. The van der Waals surface area contributed by atoms with Crippen molar-refractivity contribution >= 4 is 29.2 Å². The molecule has 0 spiro atoms. The Morgan fingerprint density at radius 3 is 3.10 bits per heavy atom. The molecule has 0 saturated carbocycles. The molecule has 1 aromatic heterocycles. The Labute approximate surface area is 126 Å². The Balaban J connectivity index is 1.84. The molecule has 0 bridgehead atoms. The molecule has 21 heavy (non-hydrogen) atoms. The van der Waals surface area contributed by atoms with E-state index in [1.165, 1.54) is 0 Å². The molecule has 108 valence electrons. The first-order valence-corrected chi connectivity index (χ1v) is 6.98. The van der Waals surface area contributed by atoms with Gasteiger partial charge in [0, 0.05) is 16.3 Å². The van der Waals surface area contributed by atoms with Crippen LogP contribution in [-0.2, 0) is 12.8 Å². The van der Waals surface area contributed by atoms with E-state index < -0.39 is 0 Å². The van der Waals surface area contributed by atoms with Crippen LogP contribution >= 0.6 is 11.6 Å². The molecule has 2 aromatic rings. The molecular weight excluding hydrogens is 290 g/mol. The largest absolute Gasteiger partial charge is 0.369 e. The summed E-state index contributed by atoms with van der Waals surface area (Å²) in [6.07, 6.45) is 2.54. The van der Waals surface area contributed by atoms with Gasteiger partial charge in [-0.3, -0.25) is 9.78 Å². The van der Waals surface area contributed by atoms with E-state index in [0.29, 0.717) is 10.7 Å². The number of halogens is 1. The molecule has 1 aliphatic carbocycles. The maximum absolute atomic E-state index is 11.9. The Morgan fingerprint density at radius 1 is 1.43 bits per heavy atom. The highest BCUT2D eigenvalue weighted by atomic mass is 35.5. The fourth-order valence-electron chi connectivity index (χ4n) is 2.34. The number of aromatic amines is 1. The number of H-pyrrole nitrogens is 1. The van der Waals surface area contributed by atoms with Gasteiger partial charge in [-0.25, -0.2) is 4.98 Å². The van der Waals surface area contributed by atoms with Gasteiger partial charge in [0.05, 0.1) is 5.69 Å². The Bertz CT molecular complexity index is 768. The number of benzene rings is 1. The van der Waals surface area contributed by atoms with Crippen LogP contribution in [0.4, 0.5) is 11.6 Å². The van der Waals surface area contributed by atoms with Crippen LogP contribution in [0.3, 0.4) is 0 Å². The van der Waals surface area contributed by atoms with E-state index in [1.807, 2.05) is 6.07 Å². The average Bonchev–Trinajstić information content (AvgIpc) is 2.87. The topological polar surface area (TPSA) is 96.2 Å². The molecule has 7 heteroatoms. The Hall–Kier alpha value is -2.34. The van der Waals surface area contributed by atoms with Gasteiger partial charge >= 0.3 is 0 Å². The zero-order valence-electron chi connectivity index (χ0n) is 11.2. The van der Waals surface area contributed by atoms with Crippen LogP contribution in [0.25, 0.3) is 0 Å². The minimum atomic E-state index is -0.133. The molecule has 1 aromatic carbocycles. The number of nitrogens with two attached hydrogens (primary N) is 1. The molecule has 0 radical (unpaired) electrons. The first-order chi connectivity index (χ1) is 10.1. The van der Waals surface area contributed by atoms with E-state index in [9.17, 15) is 4.79 Å². The van der Waals surface area contributed by atoms with E-state index in [1.54, 1.807) is 18.2 Å². The highest BCUT2D eigenvalue weighted by Crippen LogP contribution is 2.18. The van der Waals surface area contributed by atoms with E-state index >= 15 is 0 Å². The van der Waals surface area contributed by atoms with Gasteiger partial charge < -0.3 is 11.1 Å². The Morgan fingerprint density at radius 2 is 2.29 bits per heavy atom. The molecule has 6 nitrogen and oxygen atoms in total. The highest BCUT2D eigenvalue weighted by molar-refractivity contribution is 6.30. The molecule has 4 N–H and O–H groups in total. The quantitative estimate of drug-likeness (QED) is 0.584. The van der Waals surface area contributed by atoms with Crippen molar-refractivity contribution in [2.45, 2.75) is 19.3 Å². The molecule has 3 rings (SSSR count). The SMILES string of the molecule is N/C(=N\c1nc2c(c(=O)[nH]1)CCC2)Nc1cccc(Cl)c1. The minimum absolute atomic E-state index is 0.133. The second-order valence-corrected chi connectivity index (χ2v) is 5.24. The zero-order chi connectivity index (χ0) is 14.8. The van der Waals surface area contributed by atoms with Crippen molar-refractivity contribution < 1.29 is 0 Å². The summed E-state index contributed by atoms with van der Waals surface area (Å²) < 4.78 is 0. The van der Waals surface area contributed by atoms with Crippen molar-refractivity contribution in [1.29, 1.82) is 0 Å². The van der Waals surface area contributed by atoms with Crippen LogP contribution in [0.2, 0.25) is 5.02 Å². The number of nitrogens with one attached hydrogen (secondary N) is 2. The second kappa shape index (κ2) is 5.57. The minimum Gasteiger partial charge on any atom is -0.369 e. The van der Waals surface area contributed by atoms with Crippen LogP contribution in [0.15, 0.2) is 34.1 Å². The molecule has 0 amide bonds. The van der Waals surface area contributed by atoms with Crippen LogP contribution in [-0.4, -0.2) is 15.9 Å². The number of aliphatic imine (C=N–C) groups is 1. The summed E-state index contributed by atoms with van der Waals surface area (Å²) in [5, 5.41) is 3.49. The van der Waals surface area contributed by atoms with Crippen molar-refractivity contribution in [1.82, 2.24) is 9.97 Å². The van der Waals surface area contributed by atoms with E-state index in [0.717, 1.165) is 30.5 Å². The highest BCUT2D eigenvalue weighted by Gasteiger charge is 2.16. The number of rotatable bonds is 2. The predicted molar refractivity (Wildman–Crippen MR) is 83.2 cm³/mol. The van der Waals surface area contributed by atoms with Gasteiger partial charge in [0.1, 0.15) is 0 Å². The molecular formula is C14H14ClN5O. The predicted octanol–water partition coefficient (Wildman–Crippen LogP) is 1.97. The monoisotopic (exact) mass is 303 g/mol. The summed E-state index contributed by atoms with van der Waals surface area (Å²) in [5.74, 6) is 0.353. The average molecular weight is 304 g/mol. The zero-order valence-corrected chi connectivity index (χ0v) is 11.9. The standard InChI is InChI=1S/C14H14ClN5O/c15-8-3-1-4-9(7-8)17-13(16)20-14-18-11-6-2-5-10(11)12(21)19-14/h1,3-4,7H,2,5-6H2,(H4,16,17,18,19,20,21). The summed E-state index contributed by atoms with van der Waals surface area (Å²) >= 11 is 5.89. The number of anilines is 1. The van der Waals surface area contributed by atoms with Crippen LogP contribution in [0.1, 0.15) is 17.7 Å². The fraction of sp³-hybridized carbons (Fsp3) is 0.214. The lowest BCUT2D eigenvalue weighted by molar-refractivity contribution is 0.898. The summed E-state index contributed by atoms with van der Waals surface area (Å²) in [5.41, 5.74) is 7.97. The van der Waals surface area contributed by atoms with Gasteiger partial charge in [0.25, 0.3) is 5.56 Å². The van der Waals surface area contributed by atoms with Gasteiger partial charge in [-0.1, -0.05) is 17.7 Å². The molecule has 1 heterocycles. The number of hydrogen-bond acceptors (Lipinski definition) is 3. The van der Waals surface area contributed by atoms with E-state index in [4.69, 9.17) is 17.3 Å². The number of hydrogen-bond donors (Lipinski definition) is 3. The summed E-state index contributed by atoms with van der Waals surface area (Å²) in [7, 11) is 0. The third-order valence-corrected chi connectivity index (χ3v) is 3.49. The first-order valence-electron chi connectivity index (χ1n) is 6.60. The van der Waals surface area contributed by atoms with Crippen LogP contribution in [0, 0.1) is 0 Å². The van der Waals surface area contributed by atoms with Crippen molar-refractivity contribution in [2.75, 3.05) is 5.32 Å². The normalized spacial score (nSPS) is 14.0. The summed E-state index contributed by atoms with van der Waals surface area (Å²) in [4.78, 5) is 22.9. The van der Waals surface area contributed by atoms with Gasteiger partial charge in [0.2, 0.25) is 11.9 Å². The maximum Gasteiger partial charge on any atom is 0.255 e. The third kappa shape index (κ3) is 3.05. The first kappa shape index (κ1) is 13.6. The molecule has 0 fully saturated rings. The second-order valence-electron chi connectivity index (χ2n) is 4.80. The maximum atomic E-state index is 11.9. The number of nitrogens with zero attached hydrogens (tertiary/aromatic N) is 2. The fourth-order valence-corrected chi connectivity index (χ4v) is 2.53. The number of fused-ring (bicyclic) bond motifs is 1. The molecule has 0 saturated heterocycles. The van der Waals surface area contributed by atoms with Crippen molar-refractivity contribution in [3.63, 3.8) is 0 Å². The molecule has 1 aliphatic rings. The lowest BCUT2D eigenvalue weighted by Gasteiger charge is -2.06. The van der Waals surface area contributed by atoms with Crippen molar-refractivity contribution in [3.8, 4) is 0 Å². The molecule has 0 atom stereocenters. The van der Waals surface area contributed by atoms with Gasteiger partial charge in [-0.15, -0.1) is 0 Å². The van der Waals surface area contributed by atoms with Crippen molar-refractivity contribution in [2.24, 2.45) is 10.7 Å². The molecule has 0 unspecified atom stereocenters. The lowest BCUT2D eigenvalue weighted by Crippen LogP contribution is -2.23. The molecule has 0 aliphatic heterocycles. The smallest absolute Gasteiger partial charge is 0.255 e. The third-order valence-electron chi connectivity index (χ3n) is 3.25. The van der Waals surface area contributed by atoms with Crippen LogP contribution < -0.4 is 16.6 Å².